The molecular formula is C63H55BrF3IO13. The zero-order valence-electron chi connectivity index (χ0n) is 45.4. The van der Waals surface area contributed by atoms with Gasteiger partial charge in [-0.15, -0.1) is 0 Å². The Labute approximate surface area is 484 Å². The van der Waals surface area contributed by atoms with E-state index in [1.807, 2.05) is 94.4 Å². The molecule has 0 aliphatic carbocycles. The number of carbonyl (C=O) groups excluding carboxylic acids is 2. The largest absolute Gasteiger partial charge is 0.488 e. The van der Waals surface area contributed by atoms with E-state index in [2.05, 4.69) is 44.6 Å². The van der Waals surface area contributed by atoms with Crippen LogP contribution < -0.4 is 31.1 Å². The molecule has 0 aliphatic heterocycles. The average molecular weight is 1280 g/mol. The fraction of sp³-hybridized carbons (Fsp3) is 0.238. The minimum Gasteiger partial charge on any atom is -0.488 e. The van der Waals surface area contributed by atoms with E-state index in [4.69, 9.17) is 32.6 Å². The normalized spacial score (nSPS) is 11.2. The third-order valence-electron chi connectivity index (χ3n) is 13.4. The van der Waals surface area contributed by atoms with Gasteiger partial charge in [-0.3, -0.25) is 14.4 Å². The predicted octanol–water partition coefficient (Wildman–Crippen LogP) is 14.2. The summed E-state index contributed by atoms with van der Waals surface area (Å²) < 4.78 is 74.5. The lowest BCUT2D eigenvalue weighted by Gasteiger charge is -2.14. The van der Waals surface area contributed by atoms with Crippen molar-refractivity contribution in [3.05, 3.63) is 221 Å². The van der Waals surface area contributed by atoms with E-state index in [0.717, 1.165) is 64.3 Å². The van der Waals surface area contributed by atoms with Crippen molar-refractivity contribution < 1.29 is 60.1 Å². The Morgan fingerprint density at radius 1 is 0.506 bits per heavy atom. The summed E-state index contributed by atoms with van der Waals surface area (Å²) in [6, 6.07) is 31.6. The van der Waals surface area contributed by atoms with Crippen molar-refractivity contribution in [3.63, 3.8) is 0 Å². The van der Waals surface area contributed by atoms with Crippen LogP contribution in [-0.2, 0) is 59.6 Å². The zero-order chi connectivity index (χ0) is 59.0. The van der Waals surface area contributed by atoms with Gasteiger partial charge < -0.3 is 32.6 Å². The summed E-state index contributed by atoms with van der Waals surface area (Å²) in [5, 5.41) is 11.2. The highest BCUT2D eigenvalue weighted by Crippen LogP contribution is 2.34. The minimum atomic E-state index is -4.44. The van der Waals surface area contributed by atoms with Gasteiger partial charge in [0.2, 0.25) is 0 Å². The average Bonchev–Trinajstić information content (AvgIpc) is 3.43. The molecular weight excluding hydrogens is 1230 g/mol. The van der Waals surface area contributed by atoms with Gasteiger partial charge in [0.05, 0.1) is 17.5 Å². The van der Waals surface area contributed by atoms with Crippen LogP contribution in [0.3, 0.4) is 0 Å². The zero-order valence-corrected chi connectivity index (χ0v) is 49.1. The van der Waals surface area contributed by atoms with Gasteiger partial charge >= 0.3 is 29.0 Å². The number of ether oxygens (including phenoxy) is 3. The lowest BCUT2D eigenvalue weighted by molar-refractivity contribution is -0.138. The van der Waals surface area contributed by atoms with Gasteiger partial charge in [0, 0.05) is 64.9 Å². The second-order valence-electron chi connectivity index (χ2n) is 19.3. The summed E-state index contributed by atoms with van der Waals surface area (Å²) in [6.07, 6.45) is -4.71. The number of carboxylic acids is 1. The highest BCUT2D eigenvalue weighted by molar-refractivity contribution is 14.1. The summed E-state index contributed by atoms with van der Waals surface area (Å²) in [4.78, 5) is 70.6. The number of aliphatic carboxylic acids is 1. The van der Waals surface area contributed by atoms with Crippen molar-refractivity contribution in [1.29, 1.82) is 0 Å². The van der Waals surface area contributed by atoms with E-state index >= 15 is 0 Å². The second-order valence-corrected chi connectivity index (χ2v) is 21.5. The van der Waals surface area contributed by atoms with E-state index in [9.17, 15) is 41.9 Å². The van der Waals surface area contributed by atoms with Crippen LogP contribution in [0.5, 0.6) is 17.2 Å². The van der Waals surface area contributed by atoms with Crippen LogP contribution in [0, 0.1) is 45.1 Å². The molecule has 18 heteroatoms. The fourth-order valence-electron chi connectivity index (χ4n) is 9.02. The molecule has 0 bridgehead atoms. The van der Waals surface area contributed by atoms with E-state index < -0.39 is 41.0 Å². The van der Waals surface area contributed by atoms with Crippen molar-refractivity contribution in [3.8, 4) is 17.2 Å². The molecule has 0 atom stereocenters. The first-order chi connectivity index (χ1) is 38.3. The topological polar surface area (TPSA) is 190 Å². The van der Waals surface area contributed by atoms with Crippen LogP contribution >= 0.6 is 38.5 Å². The first-order valence-electron chi connectivity index (χ1n) is 25.2. The molecule has 13 nitrogen and oxygen atoms in total. The molecule has 81 heavy (non-hydrogen) atoms. The minimum absolute atomic E-state index is 0.0612. The molecule has 0 radical (unpaired) electrons. The number of Topliss-reactive ketones (excluding diaryl/α,β-unsaturated/α-hetero) is 2. The second kappa shape index (κ2) is 26.2. The summed E-state index contributed by atoms with van der Waals surface area (Å²) in [5.41, 5.74) is 6.36. The van der Waals surface area contributed by atoms with Gasteiger partial charge in [0.25, 0.3) is 0 Å². The van der Waals surface area contributed by atoms with Gasteiger partial charge in [-0.05, 0) is 184 Å². The predicted molar refractivity (Wildman–Crippen MR) is 314 cm³/mol. The summed E-state index contributed by atoms with van der Waals surface area (Å²) in [6.45, 7) is 14.4. The highest BCUT2D eigenvalue weighted by atomic mass is 127. The Kier molecular flexibility index (Phi) is 19.6. The molecule has 9 aromatic rings. The maximum atomic E-state index is 12.8. The van der Waals surface area contributed by atoms with Gasteiger partial charge in [-0.2, -0.15) is 13.2 Å². The molecule has 0 spiro atoms. The quantitative estimate of drug-likeness (QED) is 0.0754. The van der Waals surface area contributed by atoms with Crippen LogP contribution in [0.15, 0.2) is 141 Å². The number of carboxylic acid groups (broad SMARTS) is 1. The Bertz CT molecular complexity index is 3910. The third kappa shape index (κ3) is 14.9. The summed E-state index contributed by atoms with van der Waals surface area (Å²) in [7, 11) is 0. The van der Waals surface area contributed by atoms with Crippen molar-refractivity contribution >= 4 is 89.0 Å². The first kappa shape index (κ1) is 60.8. The Morgan fingerprint density at radius 2 is 0.864 bits per heavy atom. The lowest BCUT2D eigenvalue weighted by atomic mass is 10.0. The highest BCUT2D eigenvalue weighted by Gasteiger charge is 2.30. The Balaban J connectivity index is 0.000000176. The number of alkyl halides is 3. The van der Waals surface area contributed by atoms with Crippen LogP contribution in [0.4, 0.5) is 13.2 Å². The molecule has 3 aromatic heterocycles. The molecule has 420 valence electrons. The molecule has 6 aromatic carbocycles. The number of halogens is 5. The molecule has 3 heterocycles. The smallest absolute Gasteiger partial charge is 0.416 e. The summed E-state index contributed by atoms with van der Waals surface area (Å²) in [5.74, 6) is 0.429. The number of hydrogen-bond donors (Lipinski definition) is 1. The molecule has 1 N–H and O–H groups in total. The van der Waals surface area contributed by atoms with Gasteiger partial charge in [-0.1, -0.05) is 52.3 Å². The van der Waals surface area contributed by atoms with Crippen LogP contribution in [0.1, 0.15) is 86.2 Å². The fourth-order valence-corrected chi connectivity index (χ4v) is 10.1. The van der Waals surface area contributed by atoms with Crippen LogP contribution in [0.2, 0.25) is 0 Å². The number of aryl methyl sites for hydroxylation is 6. The molecule has 0 aliphatic rings. The monoisotopic (exact) mass is 1280 g/mol. The van der Waals surface area contributed by atoms with E-state index in [1.54, 1.807) is 26.0 Å². The molecule has 0 saturated heterocycles. The van der Waals surface area contributed by atoms with E-state index in [0.29, 0.717) is 74.8 Å². The van der Waals surface area contributed by atoms with Crippen LogP contribution in [0.25, 0.3) is 32.9 Å². The maximum absolute atomic E-state index is 12.8. The summed E-state index contributed by atoms with van der Waals surface area (Å²) >= 11 is 5.71. The molecule has 0 unspecified atom stereocenters. The van der Waals surface area contributed by atoms with Gasteiger partial charge in [0.15, 0.2) is 0 Å². The number of carbonyl (C=O) groups is 3. The van der Waals surface area contributed by atoms with Crippen LogP contribution in [-0.4, -0.2) is 22.6 Å². The van der Waals surface area contributed by atoms with Crippen molar-refractivity contribution in [2.45, 2.75) is 101 Å². The van der Waals surface area contributed by atoms with E-state index in [-0.39, 0.29) is 42.2 Å². The number of fused-ring (bicyclic) bond motifs is 3. The molecule has 0 saturated carbocycles. The standard InChI is InChI=1S/C21H19BrO4.C21H17F3O5.C21H19IO4/c1-12(23)9-18-13(2)17-7-8-19(14(3)20(17)26-21(18)24)25-11-15-5-4-6-16(22)10-15;1-11-15-6-7-17(12(2)19(15)29-20(27)16(11)9-18(25)26)28-10-13-4-3-5-14(8-13)21(22,23)24;1-12(23)9-18-13(2)17-7-8-19(14(3)20(17)26-21(18)24)25-11-15-5-4-6-16(22)10-15/h4-8,10H,9,11H2,1-3H3;3-8H,9-10H2,1-2H3,(H,25,26);4-8,10H,9,11H2,1-3H3. The van der Waals surface area contributed by atoms with Gasteiger partial charge in [0.1, 0.15) is 65.4 Å². The maximum Gasteiger partial charge on any atom is 0.416 e. The molecule has 9 rings (SSSR count). The number of benzene rings is 6. The third-order valence-corrected chi connectivity index (χ3v) is 14.5. The molecule has 0 amide bonds. The molecule has 0 fully saturated rings. The SMILES string of the molecule is CC(=O)Cc1c(C)c2ccc(OCc3cccc(Br)c3)c(C)c2oc1=O.CC(=O)Cc1c(C)c2ccc(OCc3cccc(I)c3)c(C)c2oc1=O.Cc1c(CC(=O)O)c(=O)oc2c(C)c(OCc3cccc(C(F)(F)F)c3)ccc12. The van der Waals surface area contributed by atoms with Crippen molar-refractivity contribution in [2.75, 3.05) is 0 Å². The Hall–Kier alpha value is -7.84. The Morgan fingerprint density at radius 3 is 1.22 bits per heavy atom. The van der Waals surface area contributed by atoms with Crippen molar-refractivity contribution in [1.82, 2.24) is 0 Å². The van der Waals surface area contributed by atoms with E-state index in [1.165, 1.54) is 26.0 Å². The number of hydrogen-bond acceptors (Lipinski definition) is 12. The number of ketones is 2. The lowest BCUT2D eigenvalue weighted by Crippen LogP contribution is -2.15. The first-order valence-corrected chi connectivity index (χ1v) is 27.1. The van der Waals surface area contributed by atoms with Gasteiger partial charge in [-0.25, -0.2) is 14.4 Å². The van der Waals surface area contributed by atoms with Crippen molar-refractivity contribution in [2.24, 2.45) is 0 Å². The number of rotatable bonds is 15.